The Morgan fingerprint density at radius 1 is 1.62 bits per heavy atom. The van der Waals surface area contributed by atoms with Crippen LogP contribution in [0.4, 0.5) is 0 Å². The molecule has 0 aliphatic rings. The molecule has 0 amide bonds. The van der Waals surface area contributed by atoms with Crippen LogP contribution in [0.2, 0.25) is 0 Å². The molecule has 50 valence electrons. The lowest BCUT2D eigenvalue weighted by Crippen LogP contribution is -2.32. The fraction of sp³-hybridized carbons (Fsp3) is 1.00. The molecule has 0 aromatic carbocycles. The van der Waals surface area contributed by atoms with E-state index in [1.807, 2.05) is 14.1 Å². The zero-order valence-corrected chi connectivity index (χ0v) is 7.40. The molecule has 0 aliphatic heterocycles. The highest BCUT2D eigenvalue weighted by Gasteiger charge is 1.86. The minimum atomic E-state index is 0.982. The van der Waals surface area contributed by atoms with E-state index in [2.05, 4.69) is 36.8 Å². The molecule has 0 saturated carbocycles. The van der Waals surface area contributed by atoms with Crippen molar-refractivity contribution in [2.75, 3.05) is 27.2 Å². The molecule has 0 rings (SSSR count). The Hall–Kier alpha value is 0.610. The second-order valence-corrected chi connectivity index (χ2v) is 3.15. The van der Waals surface area contributed by atoms with Crippen molar-refractivity contribution in [1.29, 1.82) is 0 Å². The van der Waals surface area contributed by atoms with Gasteiger partial charge in [0.15, 0.2) is 0 Å². The van der Waals surface area contributed by atoms with Gasteiger partial charge in [0.2, 0.25) is 0 Å². The number of likely N-dealkylation sites (N-methyl/N-ethyl adjacent to an activating group) is 1. The van der Waals surface area contributed by atoms with Crippen LogP contribution < -0.4 is 10.9 Å². The molecule has 3 nitrogen and oxygen atoms in total. The Balaban J connectivity index is 2.72. The van der Waals surface area contributed by atoms with Crippen molar-refractivity contribution in [3.8, 4) is 0 Å². The molecule has 0 spiro atoms. The van der Waals surface area contributed by atoms with Gasteiger partial charge >= 0.3 is 0 Å². The molecule has 0 aromatic rings. The van der Waals surface area contributed by atoms with Crippen molar-refractivity contribution in [3.05, 3.63) is 0 Å². The molecule has 2 N–H and O–H groups in total. The zero-order chi connectivity index (χ0) is 6.41. The monoisotopic (exact) mass is 229 g/mol. The zero-order valence-electron chi connectivity index (χ0n) is 5.24. The van der Waals surface area contributed by atoms with Crippen molar-refractivity contribution >= 4 is 22.9 Å². The highest BCUT2D eigenvalue weighted by atomic mass is 127. The normalized spacial score (nSPS) is 10.5. The van der Waals surface area contributed by atoms with E-state index in [0.717, 1.165) is 13.1 Å². The molecule has 4 heteroatoms. The van der Waals surface area contributed by atoms with Crippen molar-refractivity contribution in [2.24, 2.45) is 0 Å². The first kappa shape index (κ1) is 8.61. The molecule has 8 heavy (non-hydrogen) atoms. The van der Waals surface area contributed by atoms with E-state index >= 15 is 0 Å². The summed E-state index contributed by atoms with van der Waals surface area (Å²) in [5.74, 6) is 0. The lowest BCUT2D eigenvalue weighted by molar-refractivity contribution is 0.520. The number of hydrogen-bond acceptors (Lipinski definition) is 3. The molecule has 0 fully saturated rings. The summed E-state index contributed by atoms with van der Waals surface area (Å²) in [4.78, 5) is 0. The Labute approximate surface area is 64.3 Å². The van der Waals surface area contributed by atoms with Gasteiger partial charge in [-0.25, -0.2) is 3.11 Å². The summed E-state index contributed by atoms with van der Waals surface area (Å²) in [6, 6.07) is 0. The van der Waals surface area contributed by atoms with Crippen LogP contribution in [-0.2, 0) is 0 Å². The fourth-order valence-corrected chi connectivity index (χ4v) is 0.576. The van der Waals surface area contributed by atoms with Crippen LogP contribution in [0.5, 0.6) is 0 Å². The summed E-state index contributed by atoms with van der Waals surface area (Å²) in [6.07, 6.45) is 0. The number of hydrogen-bond donors (Lipinski definition) is 2. The largest absolute Gasteiger partial charge is 0.261 e. The molecule has 0 atom stereocenters. The molecule has 0 radical (unpaired) electrons. The minimum absolute atomic E-state index is 0.982. The highest BCUT2D eigenvalue weighted by Crippen LogP contribution is 1.87. The first-order valence-corrected chi connectivity index (χ1v) is 3.50. The van der Waals surface area contributed by atoms with Gasteiger partial charge in [0.1, 0.15) is 0 Å². The molecule has 0 unspecified atom stereocenters. The van der Waals surface area contributed by atoms with Crippen LogP contribution in [0.1, 0.15) is 0 Å². The summed E-state index contributed by atoms with van der Waals surface area (Å²) in [5.41, 5.74) is 5.83. The van der Waals surface area contributed by atoms with Gasteiger partial charge in [0.05, 0.1) is 0 Å². The summed E-state index contributed by atoms with van der Waals surface area (Å²) >= 11 is 2.25. The van der Waals surface area contributed by atoms with Gasteiger partial charge in [0, 0.05) is 36.0 Å². The van der Waals surface area contributed by atoms with E-state index in [-0.39, 0.29) is 0 Å². The highest BCUT2D eigenvalue weighted by molar-refractivity contribution is 14.1. The Kier molecular flexibility index (Phi) is 6.18. The summed E-state index contributed by atoms with van der Waals surface area (Å²) in [7, 11) is 3.91. The standard InChI is InChI=1S/C4H12IN3/c1-6-7-3-4-8(2)5/h6-7H,3-4H2,1-2H3. The van der Waals surface area contributed by atoms with Crippen molar-refractivity contribution in [1.82, 2.24) is 14.0 Å². The smallest absolute Gasteiger partial charge is 0.0236 e. The Morgan fingerprint density at radius 3 is 2.62 bits per heavy atom. The third kappa shape index (κ3) is 6.61. The van der Waals surface area contributed by atoms with Gasteiger partial charge in [-0.15, -0.1) is 0 Å². The van der Waals surface area contributed by atoms with Gasteiger partial charge < -0.3 is 0 Å². The second kappa shape index (κ2) is 5.74. The van der Waals surface area contributed by atoms with E-state index in [1.165, 1.54) is 0 Å². The van der Waals surface area contributed by atoms with Gasteiger partial charge in [-0.2, -0.15) is 0 Å². The van der Waals surface area contributed by atoms with Gasteiger partial charge in [-0.1, -0.05) is 0 Å². The Bertz CT molecular complexity index is 48.5. The van der Waals surface area contributed by atoms with Crippen LogP contribution in [0.15, 0.2) is 0 Å². The van der Waals surface area contributed by atoms with Crippen molar-refractivity contribution < 1.29 is 0 Å². The molecule has 0 bridgehead atoms. The van der Waals surface area contributed by atoms with Crippen LogP contribution in [-0.4, -0.2) is 30.3 Å². The lowest BCUT2D eigenvalue weighted by Gasteiger charge is -2.06. The average molecular weight is 229 g/mol. The number of hydrazine groups is 1. The van der Waals surface area contributed by atoms with E-state index in [1.54, 1.807) is 0 Å². The maximum absolute atomic E-state index is 2.98. The number of rotatable bonds is 4. The molecule has 0 heterocycles. The van der Waals surface area contributed by atoms with Gasteiger partial charge in [-0.05, 0) is 14.1 Å². The van der Waals surface area contributed by atoms with E-state index in [4.69, 9.17) is 0 Å². The number of halogens is 1. The number of nitrogens with one attached hydrogen (secondary N) is 2. The number of nitrogens with zero attached hydrogens (tertiary/aromatic N) is 1. The molecule has 0 aromatic heterocycles. The topological polar surface area (TPSA) is 27.3 Å². The van der Waals surface area contributed by atoms with Crippen LogP contribution in [0.25, 0.3) is 0 Å². The van der Waals surface area contributed by atoms with E-state index in [9.17, 15) is 0 Å². The predicted octanol–water partition coefficient (Wildman–Crippen LogP) is -0.00780. The molecule has 0 aliphatic carbocycles. The molecular weight excluding hydrogens is 217 g/mol. The molecular formula is C4H12IN3. The quantitative estimate of drug-likeness (QED) is 0.307. The average Bonchev–Trinajstić information content (AvgIpc) is 1.66. The third-order valence-corrected chi connectivity index (χ3v) is 1.20. The minimum Gasteiger partial charge on any atom is -0.261 e. The lowest BCUT2D eigenvalue weighted by atomic mass is 10.7. The third-order valence-electron chi connectivity index (χ3n) is 0.722. The van der Waals surface area contributed by atoms with Gasteiger partial charge in [-0.3, -0.25) is 10.9 Å². The predicted molar refractivity (Wildman–Crippen MR) is 43.7 cm³/mol. The van der Waals surface area contributed by atoms with E-state index < -0.39 is 0 Å². The Morgan fingerprint density at radius 2 is 2.25 bits per heavy atom. The van der Waals surface area contributed by atoms with Crippen LogP contribution in [0.3, 0.4) is 0 Å². The maximum atomic E-state index is 2.98. The maximum Gasteiger partial charge on any atom is 0.0236 e. The summed E-state index contributed by atoms with van der Waals surface area (Å²) in [6.45, 7) is 2.04. The summed E-state index contributed by atoms with van der Waals surface area (Å²) < 4.78 is 2.10. The van der Waals surface area contributed by atoms with Gasteiger partial charge in [0.25, 0.3) is 0 Å². The summed E-state index contributed by atoms with van der Waals surface area (Å²) in [5, 5.41) is 0. The van der Waals surface area contributed by atoms with Crippen molar-refractivity contribution in [3.63, 3.8) is 0 Å². The second-order valence-electron chi connectivity index (χ2n) is 1.51. The van der Waals surface area contributed by atoms with Crippen LogP contribution in [0, 0.1) is 0 Å². The van der Waals surface area contributed by atoms with Crippen molar-refractivity contribution in [2.45, 2.75) is 0 Å². The first-order valence-electron chi connectivity index (χ1n) is 2.54. The van der Waals surface area contributed by atoms with Crippen LogP contribution >= 0.6 is 22.9 Å². The fourth-order valence-electron chi connectivity index (χ4n) is 0.335. The molecule has 0 saturated heterocycles. The SMILES string of the molecule is CNNCCN(C)I. The first-order chi connectivity index (χ1) is 3.77. The van der Waals surface area contributed by atoms with E-state index in [0.29, 0.717) is 0 Å².